The SMILES string of the molecule is CCCNc1ccncc1C(=O)NCc1ccccc1Cl. The molecule has 0 aliphatic heterocycles. The zero-order chi connectivity index (χ0) is 15.1. The summed E-state index contributed by atoms with van der Waals surface area (Å²) < 4.78 is 0. The molecule has 0 saturated carbocycles. The lowest BCUT2D eigenvalue weighted by atomic mass is 10.2. The van der Waals surface area contributed by atoms with Gasteiger partial charge in [-0.05, 0) is 24.1 Å². The van der Waals surface area contributed by atoms with Crippen LogP contribution in [0.5, 0.6) is 0 Å². The highest BCUT2D eigenvalue weighted by atomic mass is 35.5. The van der Waals surface area contributed by atoms with Gasteiger partial charge in [0.05, 0.1) is 11.3 Å². The van der Waals surface area contributed by atoms with Crippen molar-refractivity contribution in [2.45, 2.75) is 19.9 Å². The van der Waals surface area contributed by atoms with Crippen LogP contribution in [0.1, 0.15) is 29.3 Å². The predicted octanol–water partition coefficient (Wildman–Crippen LogP) is 3.49. The van der Waals surface area contributed by atoms with E-state index in [-0.39, 0.29) is 5.91 Å². The molecule has 1 aromatic carbocycles. The first-order valence-electron chi connectivity index (χ1n) is 6.92. The molecule has 2 N–H and O–H groups in total. The number of aromatic nitrogens is 1. The molecule has 0 saturated heterocycles. The van der Waals surface area contributed by atoms with Gasteiger partial charge in [-0.3, -0.25) is 9.78 Å². The Morgan fingerprint density at radius 3 is 2.86 bits per heavy atom. The summed E-state index contributed by atoms with van der Waals surface area (Å²) in [5.74, 6) is -0.165. The molecule has 1 amide bonds. The topological polar surface area (TPSA) is 54.0 Å². The Bertz CT molecular complexity index is 616. The van der Waals surface area contributed by atoms with E-state index in [1.165, 1.54) is 0 Å². The monoisotopic (exact) mass is 303 g/mol. The van der Waals surface area contributed by atoms with Crippen LogP contribution >= 0.6 is 11.6 Å². The number of halogens is 1. The van der Waals surface area contributed by atoms with Gasteiger partial charge in [0.15, 0.2) is 0 Å². The molecule has 21 heavy (non-hydrogen) atoms. The number of carbonyl (C=O) groups excluding carboxylic acids is 1. The lowest BCUT2D eigenvalue weighted by molar-refractivity contribution is 0.0951. The van der Waals surface area contributed by atoms with Crippen molar-refractivity contribution in [1.82, 2.24) is 10.3 Å². The van der Waals surface area contributed by atoms with Crippen molar-refractivity contribution in [3.05, 3.63) is 58.9 Å². The van der Waals surface area contributed by atoms with Gasteiger partial charge >= 0.3 is 0 Å². The van der Waals surface area contributed by atoms with Gasteiger partial charge in [-0.15, -0.1) is 0 Å². The van der Waals surface area contributed by atoms with E-state index >= 15 is 0 Å². The van der Waals surface area contributed by atoms with Crippen LogP contribution in [0, 0.1) is 0 Å². The number of hydrogen-bond acceptors (Lipinski definition) is 3. The van der Waals surface area contributed by atoms with Crippen LogP contribution < -0.4 is 10.6 Å². The van der Waals surface area contributed by atoms with Crippen LogP contribution in [0.15, 0.2) is 42.7 Å². The quantitative estimate of drug-likeness (QED) is 0.859. The molecule has 0 radical (unpaired) electrons. The number of hydrogen-bond donors (Lipinski definition) is 2. The maximum atomic E-state index is 12.3. The fourth-order valence-corrected chi connectivity index (χ4v) is 2.10. The molecular weight excluding hydrogens is 286 g/mol. The van der Waals surface area contributed by atoms with Crippen molar-refractivity contribution < 1.29 is 4.79 Å². The van der Waals surface area contributed by atoms with Crippen molar-refractivity contribution in [2.24, 2.45) is 0 Å². The molecule has 2 aromatic rings. The summed E-state index contributed by atoms with van der Waals surface area (Å²) in [5, 5.41) is 6.74. The Kier molecular flexibility index (Phi) is 5.58. The minimum absolute atomic E-state index is 0.165. The van der Waals surface area contributed by atoms with Crippen molar-refractivity contribution in [3.8, 4) is 0 Å². The summed E-state index contributed by atoms with van der Waals surface area (Å²) in [5.41, 5.74) is 2.22. The second kappa shape index (κ2) is 7.64. The number of pyridine rings is 1. The number of amides is 1. The van der Waals surface area contributed by atoms with Gasteiger partial charge in [0.25, 0.3) is 5.91 Å². The molecular formula is C16H18ClN3O. The standard InChI is InChI=1S/C16H18ClN3O/c1-2-8-19-15-7-9-18-11-13(15)16(21)20-10-12-5-3-4-6-14(12)17/h3-7,9,11H,2,8,10H2,1H3,(H,18,19)(H,20,21). The minimum atomic E-state index is -0.165. The number of anilines is 1. The maximum Gasteiger partial charge on any atom is 0.255 e. The molecule has 0 spiro atoms. The Morgan fingerprint density at radius 1 is 1.29 bits per heavy atom. The van der Waals surface area contributed by atoms with Crippen LogP contribution in [0.4, 0.5) is 5.69 Å². The molecule has 110 valence electrons. The highest BCUT2D eigenvalue weighted by molar-refractivity contribution is 6.31. The molecule has 0 atom stereocenters. The summed E-state index contributed by atoms with van der Waals surface area (Å²) in [6.07, 6.45) is 4.23. The fourth-order valence-electron chi connectivity index (χ4n) is 1.90. The second-order valence-corrected chi connectivity index (χ2v) is 5.03. The number of carbonyl (C=O) groups is 1. The van der Waals surface area contributed by atoms with Crippen molar-refractivity contribution in [2.75, 3.05) is 11.9 Å². The smallest absolute Gasteiger partial charge is 0.255 e. The maximum absolute atomic E-state index is 12.3. The third-order valence-corrected chi connectivity index (χ3v) is 3.40. The van der Waals surface area contributed by atoms with Gasteiger partial charge in [-0.1, -0.05) is 36.7 Å². The first kappa shape index (κ1) is 15.3. The molecule has 5 heteroatoms. The molecule has 1 aromatic heterocycles. The van der Waals surface area contributed by atoms with Gasteiger partial charge in [0.1, 0.15) is 0 Å². The zero-order valence-electron chi connectivity index (χ0n) is 11.9. The zero-order valence-corrected chi connectivity index (χ0v) is 12.7. The molecule has 1 heterocycles. The first-order valence-corrected chi connectivity index (χ1v) is 7.29. The van der Waals surface area contributed by atoms with E-state index in [2.05, 4.69) is 22.5 Å². The van der Waals surface area contributed by atoms with Crippen LogP contribution in [-0.2, 0) is 6.54 Å². The number of nitrogens with one attached hydrogen (secondary N) is 2. The summed E-state index contributed by atoms with van der Waals surface area (Å²) in [4.78, 5) is 16.3. The van der Waals surface area contributed by atoms with E-state index in [0.29, 0.717) is 17.1 Å². The lowest BCUT2D eigenvalue weighted by Crippen LogP contribution is -2.24. The Balaban J connectivity index is 2.05. The molecule has 4 nitrogen and oxygen atoms in total. The van der Waals surface area contributed by atoms with E-state index < -0.39 is 0 Å². The summed E-state index contributed by atoms with van der Waals surface area (Å²) >= 11 is 6.08. The average Bonchev–Trinajstić information content (AvgIpc) is 2.52. The molecule has 0 bridgehead atoms. The van der Waals surface area contributed by atoms with E-state index in [0.717, 1.165) is 24.2 Å². The highest BCUT2D eigenvalue weighted by Crippen LogP contribution is 2.16. The van der Waals surface area contributed by atoms with E-state index in [4.69, 9.17) is 11.6 Å². The number of benzene rings is 1. The van der Waals surface area contributed by atoms with E-state index in [1.807, 2.05) is 18.2 Å². The van der Waals surface area contributed by atoms with Crippen molar-refractivity contribution in [1.29, 1.82) is 0 Å². The van der Waals surface area contributed by atoms with Gasteiger partial charge in [-0.2, -0.15) is 0 Å². The predicted molar refractivity (Wildman–Crippen MR) is 85.6 cm³/mol. The summed E-state index contributed by atoms with van der Waals surface area (Å²) in [6, 6.07) is 9.26. The molecule has 0 unspecified atom stereocenters. The largest absolute Gasteiger partial charge is 0.384 e. The van der Waals surface area contributed by atoms with Crippen LogP contribution in [0.25, 0.3) is 0 Å². The average molecular weight is 304 g/mol. The second-order valence-electron chi connectivity index (χ2n) is 4.62. The van der Waals surface area contributed by atoms with Gasteiger partial charge < -0.3 is 10.6 Å². The normalized spacial score (nSPS) is 10.2. The van der Waals surface area contributed by atoms with Crippen LogP contribution in [0.3, 0.4) is 0 Å². The number of nitrogens with zero attached hydrogens (tertiary/aromatic N) is 1. The fraction of sp³-hybridized carbons (Fsp3) is 0.250. The van der Waals surface area contributed by atoms with E-state index in [9.17, 15) is 4.79 Å². The molecule has 0 fully saturated rings. The Morgan fingerprint density at radius 2 is 2.10 bits per heavy atom. The molecule has 0 aliphatic carbocycles. The van der Waals surface area contributed by atoms with Gasteiger partial charge in [0, 0.05) is 30.5 Å². The Labute approximate surface area is 129 Å². The third kappa shape index (κ3) is 4.20. The summed E-state index contributed by atoms with van der Waals surface area (Å²) in [6.45, 7) is 3.28. The molecule has 0 aliphatic rings. The van der Waals surface area contributed by atoms with Crippen LogP contribution in [-0.4, -0.2) is 17.4 Å². The van der Waals surface area contributed by atoms with Gasteiger partial charge in [0.2, 0.25) is 0 Å². The van der Waals surface area contributed by atoms with Gasteiger partial charge in [-0.25, -0.2) is 0 Å². The lowest BCUT2D eigenvalue weighted by Gasteiger charge is -2.11. The van der Waals surface area contributed by atoms with Crippen molar-refractivity contribution >= 4 is 23.2 Å². The first-order chi connectivity index (χ1) is 10.2. The molecule has 2 rings (SSSR count). The highest BCUT2D eigenvalue weighted by Gasteiger charge is 2.11. The van der Waals surface area contributed by atoms with Crippen molar-refractivity contribution in [3.63, 3.8) is 0 Å². The third-order valence-electron chi connectivity index (χ3n) is 3.03. The van der Waals surface area contributed by atoms with E-state index in [1.54, 1.807) is 24.5 Å². The minimum Gasteiger partial charge on any atom is -0.384 e. The summed E-state index contributed by atoms with van der Waals surface area (Å²) in [7, 11) is 0. The Hall–Kier alpha value is -2.07. The number of rotatable bonds is 6. The van der Waals surface area contributed by atoms with Crippen LogP contribution in [0.2, 0.25) is 5.02 Å².